The van der Waals surface area contributed by atoms with Gasteiger partial charge in [0.05, 0.1) is 13.2 Å². The van der Waals surface area contributed by atoms with Crippen molar-refractivity contribution in [3.05, 3.63) is 23.3 Å². The van der Waals surface area contributed by atoms with Crippen LogP contribution < -0.4 is 0 Å². The first-order chi connectivity index (χ1) is 17.8. The summed E-state index contributed by atoms with van der Waals surface area (Å²) in [5, 5.41) is 10.1. The molecule has 0 spiro atoms. The summed E-state index contributed by atoms with van der Waals surface area (Å²) < 4.78 is 10.7. The number of ether oxygens (including phenoxy) is 2. The minimum atomic E-state index is -0.755. The van der Waals surface area contributed by atoms with Crippen molar-refractivity contribution in [3.63, 3.8) is 0 Å². The maximum Gasteiger partial charge on any atom is 0.407 e. The summed E-state index contributed by atoms with van der Waals surface area (Å²) >= 11 is 0. The quantitative estimate of drug-likeness (QED) is 0.424. The van der Waals surface area contributed by atoms with Crippen LogP contribution >= 0.6 is 0 Å². The Bertz CT molecular complexity index is 986. The maximum absolute atomic E-state index is 12.3. The van der Waals surface area contributed by atoms with Gasteiger partial charge in [-0.1, -0.05) is 25.5 Å². The summed E-state index contributed by atoms with van der Waals surface area (Å²) in [6.45, 7) is 10.2. The van der Waals surface area contributed by atoms with Gasteiger partial charge in [0.2, 0.25) is 0 Å². The van der Waals surface area contributed by atoms with Crippen LogP contribution in [0.1, 0.15) is 65.2 Å². The molecule has 2 heterocycles. The molecular formula is C30H44N2O5. The van der Waals surface area contributed by atoms with Gasteiger partial charge >= 0.3 is 12.1 Å². The van der Waals surface area contributed by atoms with E-state index < -0.39 is 6.09 Å². The fraction of sp³-hybridized carbons (Fsp3) is 0.800. The number of allylic oxidation sites excluding steroid dienone is 2. The largest absolute Gasteiger partial charge is 0.465 e. The third-order valence-electron chi connectivity index (χ3n) is 11.6. The third-order valence-corrected chi connectivity index (χ3v) is 11.6. The SMILES string of the molecule is C[C@]12CC[C@H](N(CCN3CCOCC3)C(=O)O)C[C@H]1CC[C@H]1C3=CC[C@H](C4=CC(=O)OC4)[C@@]3(C)CC[C@@H]12. The molecule has 7 nitrogen and oxygen atoms in total. The number of esters is 1. The van der Waals surface area contributed by atoms with E-state index in [9.17, 15) is 14.7 Å². The Hall–Kier alpha value is -1.86. The molecule has 1 saturated heterocycles. The molecular weight excluding hydrogens is 468 g/mol. The molecule has 0 bridgehead atoms. The average molecular weight is 513 g/mol. The number of rotatable bonds is 5. The number of morpholine rings is 1. The molecule has 204 valence electrons. The van der Waals surface area contributed by atoms with Gasteiger partial charge in [0.25, 0.3) is 0 Å². The van der Waals surface area contributed by atoms with Crippen LogP contribution in [0.25, 0.3) is 0 Å². The second-order valence-electron chi connectivity index (χ2n) is 13.1. The zero-order valence-corrected chi connectivity index (χ0v) is 22.6. The van der Waals surface area contributed by atoms with Gasteiger partial charge in [0, 0.05) is 38.3 Å². The molecule has 4 fully saturated rings. The molecule has 3 saturated carbocycles. The summed E-state index contributed by atoms with van der Waals surface area (Å²) in [6.07, 6.45) is 12.5. The summed E-state index contributed by atoms with van der Waals surface area (Å²) in [5.74, 6) is 2.16. The molecule has 1 N–H and O–H groups in total. The molecule has 6 rings (SSSR count). The number of amides is 1. The van der Waals surface area contributed by atoms with Gasteiger partial charge in [0.15, 0.2) is 0 Å². The molecule has 7 atom stereocenters. The molecule has 7 heteroatoms. The van der Waals surface area contributed by atoms with Crippen molar-refractivity contribution in [2.75, 3.05) is 46.0 Å². The molecule has 0 aromatic rings. The number of cyclic esters (lactones) is 1. The lowest BCUT2D eigenvalue weighted by atomic mass is 9.45. The van der Waals surface area contributed by atoms with E-state index >= 15 is 0 Å². The first-order valence-corrected chi connectivity index (χ1v) is 14.7. The topological polar surface area (TPSA) is 79.3 Å². The Morgan fingerprint density at radius 1 is 1.16 bits per heavy atom. The molecule has 0 unspecified atom stereocenters. The maximum atomic E-state index is 12.3. The summed E-state index contributed by atoms with van der Waals surface area (Å²) in [6, 6.07) is 0.143. The van der Waals surface area contributed by atoms with Gasteiger partial charge in [0.1, 0.15) is 6.61 Å². The van der Waals surface area contributed by atoms with Crippen molar-refractivity contribution in [1.29, 1.82) is 0 Å². The van der Waals surface area contributed by atoms with Gasteiger partial charge in [-0.15, -0.1) is 0 Å². The standard InChI is InChI=1S/C30H44N2O5/c1-29-9-7-22(32(28(34)35)12-11-31-13-15-36-16-14-31)18-21(29)3-4-23-25-6-5-24(20-17-27(33)37-19-20)30(25,2)10-8-26(23)29/h6,17,21-24,26H,3-5,7-16,18-19H2,1-2H3,(H,34,35)/t21-,22+,23+,24-,26+,29+,30-/m1/s1. The third kappa shape index (κ3) is 4.34. The predicted octanol–water partition coefficient (Wildman–Crippen LogP) is 4.73. The molecule has 37 heavy (non-hydrogen) atoms. The zero-order valence-electron chi connectivity index (χ0n) is 22.6. The van der Waals surface area contributed by atoms with Crippen LogP contribution in [0.15, 0.2) is 23.3 Å². The zero-order chi connectivity index (χ0) is 25.8. The van der Waals surface area contributed by atoms with E-state index in [1.165, 1.54) is 31.3 Å². The lowest BCUT2D eigenvalue weighted by Gasteiger charge is -2.60. The summed E-state index contributed by atoms with van der Waals surface area (Å²) in [5.41, 5.74) is 3.30. The second kappa shape index (κ2) is 9.71. The molecule has 0 aromatic heterocycles. The lowest BCUT2D eigenvalue weighted by molar-refractivity contribution is -0.135. The Morgan fingerprint density at radius 2 is 1.97 bits per heavy atom. The molecule has 1 amide bonds. The first kappa shape index (κ1) is 25.4. The van der Waals surface area contributed by atoms with Crippen molar-refractivity contribution in [2.24, 2.45) is 34.5 Å². The minimum absolute atomic E-state index is 0.143. The van der Waals surface area contributed by atoms with Crippen LogP contribution in [0.4, 0.5) is 4.79 Å². The van der Waals surface area contributed by atoms with E-state index in [1.807, 2.05) is 0 Å². The van der Waals surface area contributed by atoms with E-state index in [1.54, 1.807) is 16.5 Å². The normalized spacial score (nSPS) is 41.7. The molecule has 2 aliphatic heterocycles. The molecule has 6 aliphatic rings. The van der Waals surface area contributed by atoms with Crippen LogP contribution in [0, 0.1) is 34.5 Å². The van der Waals surface area contributed by atoms with Crippen LogP contribution in [0.2, 0.25) is 0 Å². The van der Waals surface area contributed by atoms with Crippen LogP contribution in [-0.4, -0.2) is 79.0 Å². The fourth-order valence-electron chi connectivity index (χ4n) is 9.51. The molecule has 4 aliphatic carbocycles. The lowest BCUT2D eigenvalue weighted by Crippen LogP contribution is -2.55. The highest BCUT2D eigenvalue weighted by Gasteiger charge is 2.58. The van der Waals surface area contributed by atoms with Gasteiger partial charge in [-0.05, 0) is 91.4 Å². The highest BCUT2D eigenvalue weighted by Crippen LogP contribution is 2.66. The van der Waals surface area contributed by atoms with Gasteiger partial charge in [-0.25, -0.2) is 9.59 Å². The van der Waals surface area contributed by atoms with E-state index in [0.717, 1.165) is 58.5 Å². The van der Waals surface area contributed by atoms with Crippen LogP contribution in [0.3, 0.4) is 0 Å². The number of carbonyl (C=O) groups excluding carboxylic acids is 1. The Kier molecular flexibility index (Phi) is 6.67. The molecule has 0 aromatic carbocycles. The van der Waals surface area contributed by atoms with Crippen molar-refractivity contribution in [2.45, 2.75) is 71.3 Å². The van der Waals surface area contributed by atoms with E-state index in [-0.39, 0.29) is 17.4 Å². The number of nitrogens with zero attached hydrogens (tertiary/aromatic N) is 2. The van der Waals surface area contributed by atoms with Gasteiger partial charge in [-0.3, -0.25) is 4.90 Å². The Morgan fingerprint density at radius 3 is 2.70 bits per heavy atom. The van der Waals surface area contributed by atoms with Crippen LogP contribution in [-0.2, 0) is 14.3 Å². The van der Waals surface area contributed by atoms with Crippen molar-refractivity contribution in [3.8, 4) is 0 Å². The highest BCUT2D eigenvalue weighted by molar-refractivity contribution is 5.85. The summed E-state index contributed by atoms with van der Waals surface area (Å²) in [4.78, 5) is 28.2. The first-order valence-electron chi connectivity index (χ1n) is 14.7. The second-order valence-corrected chi connectivity index (χ2v) is 13.1. The predicted molar refractivity (Wildman–Crippen MR) is 140 cm³/mol. The van der Waals surface area contributed by atoms with E-state index in [0.29, 0.717) is 42.2 Å². The number of hydrogen-bond donors (Lipinski definition) is 1. The van der Waals surface area contributed by atoms with Crippen LogP contribution in [0.5, 0.6) is 0 Å². The summed E-state index contributed by atoms with van der Waals surface area (Å²) in [7, 11) is 0. The fourth-order valence-corrected chi connectivity index (χ4v) is 9.51. The minimum Gasteiger partial charge on any atom is -0.465 e. The number of hydrogen-bond acceptors (Lipinski definition) is 5. The average Bonchev–Trinajstić information content (AvgIpc) is 3.47. The van der Waals surface area contributed by atoms with Gasteiger partial charge in [-0.2, -0.15) is 0 Å². The van der Waals surface area contributed by atoms with Gasteiger partial charge < -0.3 is 19.5 Å². The van der Waals surface area contributed by atoms with Crippen molar-refractivity contribution >= 4 is 12.1 Å². The number of carbonyl (C=O) groups is 2. The highest BCUT2D eigenvalue weighted by atomic mass is 16.5. The monoisotopic (exact) mass is 512 g/mol. The molecule has 0 radical (unpaired) electrons. The van der Waals surface area contributed by atoms with E-state index in [4.69, 9.17) is 9.47 Å². The number of fused-ring (bicyclic) bond motifs is 5. The van der Waals surface area contributed by atoms with Crippen molar-refractivity contribution in [1.82, 2.24) is 9.80 Å². The smallest absolute Gasteiger partial charge is 0.407 e. The van der Waals surface area contributed by atoms with Crippen molar-refractivity contribution < 1.29 is 24.2 Å². The number of carboxylic acid groups (broad SMARTS) is 1. The van der Waals surface area contributed by atoms with E-state index in [2.05, 4.69) is 24.8 Å². The Balaban J connectivity index is 1.13. The Labute approximate surface area is 221 Å².